The molecule has 2 N–H and O–H groups in total. The zero-order valence-corrected chi connectivity index (χ0v) is 11.2. The Morgan fingerprint density at radius 2 is 2.05 bits per heavy atom. The van der Waals surface area contributed by atoms with E-state index in [4.69, 9.17) is 0 Å². The van der Waals surface area contributed by atoms with Gasteiger partial charge >= 0.3 is 0 Å². The molecule has 0 spiro atoms. The fraction of sp³-hybridized carbons (Fsp3) is 0.333. The maximum atomic E-state index is 11.7. The molecule has 1 amide bonds. The molecule has 0 fully saturated rings. The molecule has 0 radical (unpaired) electrons. The lowest BCUT2D eigenvalue weighted by molar-refractivity contribution is 0.0735. The first-order valence-corrected chi connectivity index (χ1v) is 6.31. The van der Waals surface area contributed by atoms with Crippen molar-refractivity contribution in [2.75, 3.05) is 0 Å². The minimum absolute atomic E-state index is 0.0518. The Hall–Kier alpha value is -1.94. The minimum atomic E-state index is -0.987. The molecule has 0 unspecified atom stereocenters. The van der Waals surface area contributed by atoms with Crippen molar-refractivity contribution < 1.29 is 9.90 Å². The van der Waals surface area contributed by atoms with Crippen LogP contribution in [0.5, 0.6) is 0 Å². The number of rotatable bonds is 1. The van der Waals surface area contributed by atoms with E-state index < -0.39 is 5.60 Å². The summed E-state index contributed by atoms with van der Waals surface area (Å²) in [7, 11) is 0. The second kappa shape index (κ2) is 3.78. The highest BCUT2D eigenvalue weighted by atomic mass is 16.3. The molecular weight excluding hydrogens is 240 g/mol. The summed E-state index contributed by atoms with van der Waals surface area (Å²) in [5.41, 5.74) is 3.06. The van der Waals surface area contributed by atoms with Crippen LogP contribution < -0.4 is 5.32 Å². The molecule has 2 heterocycles. The summed E-state index contributed by atoms with van der Waals surface area (Å²) in [5.74, 6) is -0.0518. The van der Waals surface area contributed by atoms with E-state index in [1.165, 1.54) is 0 Å². The molecule has 0 bridgehead atoms. The lowest BCUT2D eigenvalue weighted by Gasteiger charge is -2.19. The van der Waals surface area contributed by atoms with Gasteiger partial charge < -0.3 is 10.4 Å². The second-order valence-corrected chi connectivity index (χ2v) is 5.60. The van der Waals surface area contributed by atoms with Crippen molar-refractivity contribution in [3.63, 3.8) is 0 Å². The van der Waals surface area contributed by atoms with Gasteiger partial charge in [-0.1, -0.05) is 0 Å². The zero-order valence-electron chi connectivity index (χ0n) is 11.2. The number of carbonyl (C=O) groups excluding carboxylic acids is 1. The number of fused-ring (bicyclic) bond motifs is 2. The van der Waals surface area contributed by atoms with Crippen LogP contribution in [0.2, 0.25) is 0 Å². The third kappa shape index (κ3) is 1.88. The van der Waals surface area contributed by atoms with Gasteiger partial charge in [-0.05, 0) is 50.1 Å². The lowest BCUT2D eigenvalue weighted by Crippen LogP contribution is -2.19. The molecule has 0 saturated heterocycles. The van der Waals surface area contributed by atoms with Crippen molar-refractivity contribution in [3.05, 3.63) is 40.6 Å². The molecule has 0 saturated carbocycles. The zero-order chi connectivity index (χ0) is 13.8. The maximum absolute atomic E-state index is 11.7. The van der Waals surface area contributed by atoms with Crippen LogP contribution in [0.4, 0.5) is 0 Å². The van der Waals surface area contributed by atoms with E-state index >= 15 is 0 Å². The largest absolute Gasteiger partial charge is 0.384 e. The normalized spacial score (nSPS) is 14.6. The van der Waals surface area contributed by atoms with Crippen molar-refractivity contribution in [2.24, 2.45) is 0 Å². The van der Waals surface area contributed by atoms with Crippen LogP contribution in [-0.4, -0.2) is 16.0 Å². The highest BCUT2D eigenvalue weighted by molar-refractivity contribution is 6.01. The van der Waals surface area contributed by atoms with Gasteiger partial charge in [0, 0.05) is 17.5 Å². The van der Waals surface area contributed by atoms with E-state index in [0.29, 0.717) is 17.8 Å². The predicted molar refractivity (Wildman–Crippen MR) is 72.9 cm³/mol. The molecule has 1 aliphatic rings. The average Bonchev–Trinajstić information content (AvgIpc) is 2.66. The first-order valence-electron chi connectivity index (χ1n) is 6.31. The van der Waals surface area contributed by atoms with Gasteiger partial charge in [-0.3, -0.25) is 4.79 Å². The number of aryl methyl sites for hydroxylation is 1. The van der Waals surface area contributed by atoms with E-state index in [9.17, 15) is 9.90 Å². The van der Waals surface area contributed by atoms with Crippen molar-refractivity contribution in [1.82, 2.24) is 10.3 Å². The van der Waals surface area contributed by atoms with Gasteiger partial charge in [-0.15, -0.1) is 0 Å². The van der Waals surface area contributed by atoms with Crippen LogP contribution >= 0.6 is 0 Å². The second-order valence-electron chi connectivity index (χ2n) is 5.60. The summed E-state index contributed by atoms with van der Waals surface area (Å²) in [6, 6.07) is 5.82. The first-order chi connectivity index (χ1) is 8.86. The van der Waals surface area contributed by atoms with Crippen LogP contribution in [0, 0.1) is 6.92 Å². The molecule has 0 aliphatic carbocycles. The Morgan fingerprint density at radius 3 is 2.74 bits per heavy atom. The Bertz CT molecular complexity index is 699. The Balaban J connectivity index is 2.29. The summed E-state index contributed by atoms with van der Waals surface area (Å²) in [6.07, 6.45) is 0. The highest BCUT2D eigenvalue weighted by Crippen LogP contribution is 2.28. The summed E-state index contributed by atoms with van der Waals surface area (Å²) < 4.78 is 0. The van der Waals surface area contributed by atoms with E-state index in [1.54, 1.807) is 13.8 Å². The monoisotopic (exact) mass is 256 g/mol. The number of pyridine rings is 1. The number of hydrogen-bond acceptors (Lipinski definition) is 3. The molecule has 4 nitrogen and oxygen atoms in total. The molecule has 0 atom stereocenters. The number of nitrogens with one attached hydrogen (secondary N) is 1. The molecule has 3 rings (SSSR count). The van der Waals surface area contributed by atoms with E-state index in [1.807, 2.05) is 25.1 Å². The number of benzene rings is 1. The number of aliphatic hydroxyl groups is 1. The quantitative estimate of drug-likeness (QED) is 0.820. The number of nitrogens with zero attached hydrogens (tertiary/aromatic N) is 1. The number of aromatic nitrogens is 1. The standard InChI is InChI=1S/C15H16N2O2/c1-8-4-9-5-10-7-16-14(18)11(10)6-12(9)17-13(8)15(2,3)19/h4-6,19H,7H2,1-3H3,(H,16,18). The predicted octanol–water partition coefficient (Wildman–Crippen LogP) is 2.01. The van der Waals surface area contributed by atoms with Crippen LogP contribution in [0.3, 0.4) is 0 Å². The van der Waals surface area contributed by atoms with Gasteiger partial charge in [0.15, 0.2) is 0 Å². The fourth-order valence-corrected chi connectivity index (χ4v) is 2.62. The lowest BCUT2D eigenvalue weighted by atomic mass is 9.97. The highest BCUT2D eigenvalue weighted by Gasteiger charge is 2.23. The molecule has 98 valence electrons. The number of carbonyl (C=O) groups is 1. The van der Waals surface area contributed by atoms with E-state index in [0.717, 1.165) is 22.0 Å². The Morgan fingerprint density at radius 1 is 1.32 bits per heavy atom. The van der Waals surface area contributed by atoms with Crippen LogP contribution in [0.25, 0.3) is 10.9 Å². The first kappa shape index (κ1) is 12.1. The van der Waals surface area contributed by atoms with Gasteiger partial charge in [0.2, 0.25) is 0 Å². The van der Waals surface area contributed by atoms with Crippen molar-refractivity contribution in [1.29, 1.82) is 0 Å². The van der Waals surface area contributed by atoms with Gasteiger partial charge in [-0.25, -0.2) is 4.98 Å². The smallest absolute Gasteiger partial charge is 0.251 e. The molecule has 2 aromatic rings. The van der Waals surface area contributed by atoms with Crippen molar-refractivity contribution >= 4 is 16.8 Å². The molecule has 19 heavy (non-hydrogen) atoms. The van der Waals surface area contributed by atoms with Crippen LogP contribution in [-0.2, 0) is 12.1 Å². The van der Waals surface area contributed by atoms with E-state index in [-0.39, 0.29) is 5.91 Å². The van der Waals surface area contributed by atoms with Gasteiger partial charge in [0.1, 0.15) is 5.60 Å². The van der Waals surface area contributed by atoms with Crippen LogP contribution in [0.1, 0.15) is 41.0 Å². The van der Waals surface area contributed by atoms with Crippen LogP contribution in [0.15, 0.2) is 18.2 Å². The summed E-state index contributed by atoms with van der Waals surface area (Å²) in [5, 5.41) is 13.9. The summed E-state index contributed by atoms with van der Waals surface area (Å²) >= 11 is 0. The third-order valence-corrected chi connectivity index (χ3v) is 3.49. The summed E-state index contributed by atoms with van der Waals surface area (Å²) in [4.78, 5) is 16.2. The minimum Gasteiger partial charge on any atom is -0.384 e. The molecular formula is C15H16N2O2. The van der Waals surface area contributed by atoms with Crippen molar-refractivity contribution in [3.8, 4) is 0 Å². The molecule has 1 aromatic heterocycles. The van der Waals surface area contributed by atoms with Crippen molar-refractivity contribution in [2.45, 2.75) is 32.9 Å². The Labute approximate surface area is 111 Å². The van der Waals surface area contributed by atoms with Gasteiger partial charge in [0.05, 0.1) is 11.2 Å². The van der Waals surface area contributed by atoms with E-state index in [2.05, 4.69) is 10.3 Å². The topological polar surface area (TPSA) is 62.2 Å². The SMILES string of the molecule is Cc1cc2cc3c(cc2nc1C(C)(C)O)C(=O)NC3. The Kier molecular flexibility index (Phi) is 2.41. The summed E-state index contributed by atoms with van der Waals surface area (Å²) in [6.45, 7) is 5.95. The van der Waals surface area contributed by atoms with Gasteiger partial charge in [-0.2, -0.15) is 0 Å². The number of amides is 1. The fourth-order valence-electron chi connectivity index (χ4n) is 2.62. The molecule has 1 aromatic carbocycles. The molecule has 4 heteroatoms. The van der Waals surface area contributed by atoms with Gasteiger partial charge in [0.25, 0.3) is 5.91 Å². The average molecular weight is 256 g/mol. The third-order valence-electron chi connectivity index (χ3n) is 3.49. The molecule has 1 aliphatic heterocycles. The number of hydrogen-bond donors (Lipinski definition) is 2. The maximum Gasteiger partial charge on any atom is 0.251 e.